The van der Waals surface area contributed by atoms with Gasteiger partial charge in [-0.2, -0.15) is 0 Å². The minimum Gasteiger partial charge on any atom is -0.351 e. The first-order valence-electron chi connectivity index (χ1n) is 8.39. The zero-order chi connectivity index (χ0) is 21.4. The van der Waals surface area contributed by atoms with Gasteiger partial charge in [-0.3, -0.25) is 24.6 Å². The van der Waals surface area contributed by atoms with Gasteiger partial charge in [0.1, 0.15) is 11.8 Å². The van der Waals surface area contributed by atoms with Crippen molar-refractivity contribution in [1.82, 2.24) is 10.2 Å². The topological polar surface area (TPSA) is 102 Å². The standard InChI is InChI=1S/C18H21BrFN3O5/c1-6-7-21-15(24)14-17(2,3)28-18(4,5)22(14)16(25)11-8-10(23(26)27)9-12(19)13(11)20/h6,8-9,14H,1,7H2,2-5H3,(H,21,24). The van der Waals surface area contributed by atoms with Gasteiger partial charge in [-0.05, 0) is 43.6 Å². The van der Waals surface area contributed by atoms with Gasteiger partial charge in [0.25, 0.3) is 11.6 Å². The molecule has 1 heterocycles. The highest BCUT2D eigenvalue weighted by molar-refractivity contribution is 9.10. The Kier molecular flexibility index (Phi) is 5.95. The molecule has 0 bridgehead atoms. The van der Waals surface area contributed by atoms with E-state index in [0.29, 0.717) is 0 Å². The smallest absolute Gasteiger partial charge is 0.271 e. The third-order valence-electron chi connectivity index (χ3n) is 4.35. The number of ether oxygens (including phenoxy) is 1. The summed E-state index contributed by atoms with van der Waals surface area (Å²) in [6.45, 7) is 10.1. The molecule has 1 unspecified atom stereocenters. The number of benzene rings is 1. The van der Waals surface area contributed by atoms with Crippen LogP contribution in [0.15, 0.2) is 29.3 Å². The van der Waals surface area contributed by atoms with E-state index in [-0.39, 0.29) is 11.0 Å². The lowest BCUT2D eigenvalue weighted by Gasteiger charge is -2.33. The number of nitrogens with zero attached hydrogens (tertiary/aromatic N) is 2. The summed E-state index contributed by atoms with van der Waals surface area (Å²) >= 11 is 2.90. The van der Waals surface area contributed by atoms with Crippen molar-refractivity contribution >= 4 is 33.4 Å². The number of carbonyl (C=O) groups is 2. The molecule has 1 aromatic rings. The number of nitro benzene ring substituents is 1. The molecule has 1 saturated heterocycles. The molecule has 0 aromatic heterocycles. The van der Waals surface area contributed by atoms with Gasteiger partial charge in [-0.25, -0.2) is 4.39 Å². The average Bonchev–Trinajstić information content (AvgIpc) is 2.77. The van der Waals surface area contributed by atoms with Crippen LogP contribution < -0.4 is 5.32 Å². The molecule has 0 saturated carbocycles. The average molecular weight is 458 g/mol. The van der Waals surface area contributed by atoms with Crippen LogP contribution in [0.1, 0.15) is 38.1 Å². The molecule has 1 aromatic carbocycles. The third-order valence-corrected chi connectivity index (χ3v) is 4.93. The maximum absolute atomic E-state index is 14.7. The highest BCUT2D eigenvalue weighted by Crippen LogP contribution is 2.41. The van der Waals surface area contributed by atoms with Crippen LogP contribution in [0.3, 0.4) is 0 Å². The van der Waals surface area contributed by atoms with Crippen LogP contribution in [0.5, 0.6) is 0 Å². The van der Waals surface area contributed by atoms with Gasteiger partial charge in [0.15, 0.2) is 5.82 Å². The van der Waals surface area contributed by atoms with E-state index in [0.717, 1.165) is 17.0 Å². The van der Waals surface area contributed by atoms with Gasteiger partial charge in [0.05, 0.1) is 20.6 Å². The number of hydrogen-bond acceptors (Lipinski definition) is 5. The van der Waals surface area contributed by atoms with Crippen LogP contribution in [0.25, 0.3) is 0 Å². The molecule has 0 radical (unpaired) electrons. The Morgan fingerprint density at radius 2 is 2.04 bits per heavy atom. The van der Waals surface area contributed by atoms with Gasteiger partial charge >= 0.3 is 0 Å². The molecule has 10 heteroatoms. The fourth-order valence-corrected chi connectivity index (χ4v) is 3.85. The highest BCUT2D eigenvalue weighted by atomic mass is 79.9. The van der Waals surface area contributed by atoms with Gasteiger partial charge < -0.3 is 10.1 Å². The van der Waals surface area contributed by atoms with Crippen molar-refractivity contribution in [3.63, 3.8) is 0 Å². The summed E-state index contributed by atoms with van der Waals surface area (Å²) in [4.78, 5) is 37.5. The minimum atomic E-state index is -1.26. The second kappa shape index (κ2) is 7.59. The van der Waals surface area contributed by atoms with Crippen LogP contribution >= 0.6 is 15.9 Å². The van der Waals surface area contributed by atoms with Crippen LogP contribution in [0.4, 0.5) is 10.1 Å². The molecule has 1 aliphatic rings. The zero-order valence-corrected chi connectivity index (χ0v) is 17.5. The molecule has 1 fully saturated rings. The third kappa shape index (κ3) is 3.93. The van der Waals surface area contributed by atoms with E-state index in [1.807, 2.05) is 0 Å². The van der Waals surface area contributed by atoms with Crippen molar-refractivity contribution in [3.05, 3.63) is 50.8 Å². The van der Waals surface area contributed by atoms with E-state index in [1.165, 1.54) is 6.08 Å². The number of rotatable bonds is 5. The van der Waals surface area contributed by atoms with E-state index >= 15 is 0 Å². The SMILES string of the molecule is C=CCNC(=O)C1N(C(=O)c2cc([N+](=O)[O-])cc(Br)c2F)C(C)(C)OC1(C)C. The van der Waals surface area contributed by atoms with Crippen molar-refractivity contribution in [3.8, 4) is 0 Å². The fraction of sp³-hybridized carbons (Fsp3) is 0.444. The van der Waals surface area contributed by atoms with Crippen molar-refractivity contribution in [2.75, 3.05) is 6.54 Å². The molecule has 2 amide bonds. The molecule has 1 N–H and O–H groups in total. The molecule has 8 nitrogen and oxygen atoms in total. The summed E-state index contributed by atoms with van der Waals surface area (Å²) < 4.78 is 20.3. The van der Waals surface area contributed by atoms with Crippen LogP contribution in [0.2, 0.25) is 0 Å². The second-order valence-corrected chi connectivity index (χ2v) is 8.16. The zero-order valence-electron chi connectivity index (χ0n) is 15.9. The van der Waals surface area contributed by atoms with Gasteiger partial charge in [-0.15, -0.1) is 6.58 Å². The number of non-ortho nitro benzene ring substituents is 1. The van der Waals surface area contributed by atoms with Crippen LogP contribution in [0, 0.1) is 15.9 Å². The molecule has 28 heavy (non-hydrogen) atoms. The van der Waals surface area contributed by atoms with Crippen molar-refractivity contribution < 1.29 is 23.6 Å². The first-order chi connectivity index (χ1) is 12.8. The number of nitro groups is 1. The number of carbonyl (C=O) groups excluding carboxylic acids is 2. The van der Waals surface area contributed by atoms with Crippen LogP contribution in [-0.4, -0.2) is 45.6 Å². The molecule has 1 atom stereocenters. The van der Waals surface area contributed by atoms with Crippen LogP contribution in [-0.2, 0) is 9.53 Å². The Labute approximate surface area is 170 Å². The maximum atomic E-state index is 14.7. The first kappa shape index (κ1) is 22.0. The van der Waals surface area contributed by atoms with E-state index < -0.39 is 51.2 Å². The lowest BCUT2D eigenvalue weighted by molar-refractivity contribution is -0.385. The molecule has 2 rings (SSSR count). The molecule has 1 aliphatic heterocycles. The summed E-state index contributed by atoms with van der Waals surface area (Å²) in [5, 5.41) is 13.7. The summed E-state index contributed by atoms with van der Waals surface area (Å²) in [6.07, 6.45) is 1.48. The van der Waals surface area contributed by atoms with Gasteiger partial charge in [0, 0.05) is 18.7 Å². The summed E-state index contributed by atoms with van der Waals surface area (Å²) in [6, 6.07) is 0.728. The lowest BCUT2D eigenvalue weighted by atomic mass is 9.96. The number of halogens is 2. The Bertz CT molecular complexity index is 856. The predicted octanol–water partition coefficient (Wildman–Crippen LogP) is 3.15. The normalized spacial score (nSPS) is 19.9. The van der Waals surface area contributed by atoms with Crippen molar-refractivity contribution in [1.29, 1.82) is 0 Å². The highest BCUT2D eigenvalue weighted by Gasteiger charge is 2.57. The van der Waals surface area contributed by atoms with Crippen molar-refractivity contribution in [2.24, 2.45) is 0 Å². The van der Waals surface area contributed by atoms with Crippen molar-refractivity contribution in [2.45, 2.75) is 45.1 Å². The van der Waals surface area contributed by atoms with Gasteiger partial charge in [-0.1, -0.05) is 6.08 Å². The number of amides is 2. The lowest BCUT2D eigenvalue weighted by Crippen LogP contribution is -2.56. The van der Waals surface area contributed by atoms with E-state index in [1.54, 1.807) is 27.7 Å². The number of nitrogens with one attached hydrogen (secondary N) is 1. The first-order valence-corrected chi connectivity index (χ1v) is 9.18. The quantitative estimate of drug-likeness (QED) is 0.415. The monoisotopic (exact) mass is 457 g/mol. The Morgan fingerprint density at radius 1 is 1.43 bits per heavy atom. The predicted molar refractivity (Wildman–Crippen MR) is 103 cm³/mol. The Hall–Kier alpha value is -2.33. The molecule has 0 spiro atoms. The summed E-state index contributed by atoms with van der Waals surface area (Å²) in [5.41, 5.74) is -3.34. The second-order valence-electron chi connectivity index (χ2n) is 7.31. The largest absolute Gasteiger partial charge is 0.351 e. The van der Waals surface area contributed by atoms with E-state index in [2.05, 4.69) is 27.8 Å². The molecule has 0 aliphatic carbocycles. The summed E-state index contributed by atoms with van der Waals surface area (Å²) in [5.74, 6) is -2.36. The van der Waals surface area contributed by atoms with E-state index in [4.69, 9.17) is 4.74 Å². The Morgan fingerprint density at radius 3 is 2.57 bits per heavy atom. The van der Waals surface area contributed by atoms with Gasteiger partial charge in [0.2, 0.25) is 5.91 Å². The molecule has 152 valence electrons. The number of hydrogen-bond donors (Lipinski definition) is 1. The Balaban J connectivity index is 2.59. The molecular formula is C18H21BrFN3O5. The minimum absolute atomic E-state index is 0.171. The maximum Gasteiger partial charge on any atom is 0.271 e. The molecular weight excluding hydrogens is 437 g/mol. The summed E-state index contributed by atoms with van der Waals surface area (Å²) in [7, 11) is 0. The van der Waals surface area contributed by atoms with E-state index in [9.17, 15) is 24.1 Å². The fourth-order valence-electron chi connectivity index (χ4n) is 3.40.